The average Bonchev–Trinajstić information content (AvgIpc) is 1.62. The van der Waals surface area contributed by atoms with Crippen molar-refractivity contribution in [2.45, 2.75) is 51.6 Å². The summed E-state index contributed by atoms with van der Waals surface area (Å²) in [6, 6.07) is 33.5. The fraction of sp³-hybridized carbons (Fsp3) is 0.208. The number of carbonyl (C=O) groups is 3. The molecule has 0 spiro atoms. The average molecular weight is 1420 g/mol. The lowest BCUT2D eigenvalue weighted by molar-refractivity contribution is 0.141. The summed E-state index contributed by atoms with van der Waals surface area (Å²) >= 11 is 18.6. The number of nitrogens with zero attached hydrogens (tertiary/aromatic N) is 15. The first-order valence-electron chi connectivity index (χ1n) is 31.9. The van der Waals surface area contributed by atoms with E-state index in [1.807, 2.05) is 140 Å². The number of anilines is 6. The van der Waals surface area contributed by atoms with Gasteiger partial charge in [0.2, 0.25) is 17.8 Å². The summed E-state index contributed by atoms with van der Waals surface area (Å²) in [6.45, 7) is 4.09. The van der Waals surface area contributed by atoms with Crippen molar-refractivity contribution in [3.63, 3.8) is 0 Å². The number of methoxy groups -OCH3 is 1. The largest absolute Gasteiger partial charge is 0.497 e. The van der Waals surface area contributed by atoms with Crippen LogP contribution < -0.4 is 20.7 Å². The van der Waals surface area contributed by atoms with Gasteiger partial charge in [0, 0.05) is 121 Å². The molecule has 9 aromatic heterocycles. The number of carbonyl (C=O) groups excluding carboxylic acids is 3. The van der Waals surface area contributed by atoms with Crippen molar-refractivity contribution in [2.75, 3.05) is 42.9 Å². The maximum Gasteiger partial charge on any atom is 0.329 e. The third-order valence-corrected chi connectivity index (χ3v) is 18.5. The number of aliphatic hydroxyl groups is 3. The van der Waals surface area contributed by atoms with Crippen LogP contribution in [0.2, 0.25) is 15.1 Å². The highest BCUT2D eigenvalue weighted by Crippen LogP contribution is 2.39. The van der Waals surface area contributed by atoms with Crippen molar-refractivity contribution >= 4 is 88.2 Å². The zero-order valence-corrected chi connectivity index (χ0v) is 57.7. The van der Waals surface area contributed by atoms with Gasteiger partial charge in [0.1, 0.15) is 29.0 Å². The van der Waals surface area contributed by atoms with E-state index in [0.717, 1.165) is 73.6 Å². The number of halogens is 4. The molecule has 25 nitrogen and oxygen atoms in total. The lowest BCUT2D eigenvalue weighted by atomic mass is 10.1. The summed E-state index contributed by atoms with van der Waals surface area (Å²) in [5.41, 5.74) is 10.5. The summed E-state index contributed by atoms with van der Waals surface area (Å²) < 4.78 is 29.7. The monoisotopic (exact) mass is 1420 g/mol. The van der Waals surface area contributed by atoms with Crippen LogP contribution in [0.1, 0.15) is 63.0 Å². The number of aromatic nitrogens is 12. The van der Waals surface area contributed by atoms with Gasteiger partial charge in [-0.1, -0.05) is 59.1 Å². The molecule has 516 valence electrons. The molecule has 3 atom stereocenters. The molecule has 101 heavy (non-hydrogen) atoms. The van der Waals surface area contributed by atoms with Gasteiger partial charge in [-0.15, -0.1) is 0 Å². The first-order chi connectivity index (χ1) is 48.8. The van der Waals surface area contributed by atoms with E-state index in [9.17, 15) is 34.1 Å². The van der Waals surface area contributed by atoms with Crippen LogP contribution in [0.3, 0.4) is 0 Å². The third-order valence-electron chi connectivity index (χ3n) is 17.7. The van der Waals surface area contributed by atoms with E-state index in [2.05, 4.69) is 40.9 Å². The van der Waals surface area contributed by atoms with Crippen molar-refractivity contribution < 1.29 is 38.8 Å². The molecule has 3 aliphatic rings. The van der Waals surface area contributed by atoms with Crippen molar-refractivity contribution in [1.82, 2.24) is 72.0 Å². The highest BCUT2D eigenvalue weighted by molar-refractivity contribution is 6.33. The second-order valence-corrected chi connectivity index (χ2v) is 25.6. The predicted molar refractivity (Wildman–Crippen MR) is 381 cm³/mol. The van der Waals surface area contributed by atoms with Gasteiger partial charge in [-0.3, -0.25) is 13.7 Å². The van der Waals surface area contributed by atoms with E-state index in [0.29, 0.717) is 74.3 Å². The zero-order valence-electron chi connectivity index (χ0n) is 55.4. The number of nitrogens with one attached hydrogen (secondary N) is 3. The maximum atomic E-state index is 14.1. The molecule has 0 saturated heterocycles. The third kappa shape index (κ3) is 14.1. The number of aliphatic hydroxyl groups excluding tert-OH is 3. The van der Waals surface area contributed by atoms with Crippen LogP contribution in [0.4, 0.5) is 54.1 Å². The predicted octanol–water partition coefficient (Wildman–Crippen LogP) is 13.4. The van der Waals surface area contributed by atoms with E-state index >= 15 is 0 Å². The SMILES string of the molecule is COc1cc(F)cc([C@@H](CO)N2Cc3cc(-c4nc(Nc5cccn5C)ncc4C)cn3C2=O)c1.Cc1cnc(Nc2cccn2C)nc1-c1cc2n(c1)C(=O)N([C@H](CO)c1cccc(Cl)c1)C2.Cn1cccc1Nc1ncc(Cl)c(-c2cc3n(c2)C(=O)N([C@H](CO)c2cccc(Cl)c2)C3)n1. The fourth-order valence-electron chi connectivity index (χ4n) is 12.5. The van der Waals surface area contributed by atoms with Gasteiger partial charge in [0.15, 0.2) is 0 Å². The quantitative estimate of drug-likeness (QED) is 0.0439. The highest BCUT2D eigenvalue weighted by atomic mass is 35.5. The van der Waals surface area contributed by atoms with Gasteiger partial charge < -0.3 is 64.4 Å². The standard InChI is InChI=1S/C25H25FN6O3.C24H23ClN6O2.C23H20Cl2N6O2/c1-15-11-27-24(28-22-5-4-6-30(22)2)29-23(15)17-8-19-13-32(25(34)31(19)12-17)21(14-33)16-7-18(26)10-20(9-16)35-3;1-15-11-26-23(27-21-7-4-8-29(21)2)28-22(15)17-10-19-13-31(24(33)30(19)12-17)20(14-32)16-5-3-6-18(25)9-16;1-29-7-3-6-20(29)27-22-26-10-18(25)21(28-22)15-9-17-12-31(23(33)30(17)11-15)19(13-32)14-4-2-5-16(24)8-14/h4-12,21,33H,13-14H2,1-3H3,(H,27,28,29);3-12,20,32H,13-14H2,1-2H3,(H,26,27,28);2-11,19,32H,12-13H2,1H3,(H,26,27,28)/t21-;20-;19-/m111/s1. The molecule has 12 aromatic rings. The summed E-state index contributed by atoms with van der Waals surface area (Å²) in [4.78, 5) is 71.4. The van der Waals surface area contributed by atoms with Gasteiger partial charge in [-0.2, -0.15) is 0 Å². The topological polar surface area (TPSA) is 274 Å². The number of fused-ring (bicyclic) bond motifs is 3. The van der Waals surface area contributed by atoms with Gasteiger partial charge in [0.25, 0.3) is 0 Å². The molecule has 0 radical (unpaired) electrons. The molecular formula is C72H68Cl3FN18O7. The molecule has 3 aromatic carbocycles. The van der Waals surface area contributed by atoms with E-state index in [1.165, 1.54) is 30.3 Å². The Morgan fingerprint density at radius 1 is 0.485 bits per heavy atom. The molecule has 0 bridgehead atoms. The molecule has 15 rings (SSSR count). The first-order valence-corrected chi connectivity index (χ1v) is 33.0. The second-order valence-electron chi connectivity index (χ2n) is 24.4. The number of aryl methyl sites for hydroxylation is 5. The minimum Gasteiger partial charge on any atom is -0.497 e. The maximum absolute atomic E-state index is 14.1. The molecule has 0 aliphatic carbocycles. The van der Waals surface area contributed by atoms with Crippen LogP contribution in [-0.4, -0.2) is 132 Å². The zero-order chi connectivity index (χ0) is 70.9. The molecule has 3 aliphatic heterocycles. The van der Waals surface area contributed by atoms with E-state index in [4.69, 9.17) is 44.5 Å². The summed E-state index contributed by atoms with van der Waals surface area (Å²) in [5.74, 6) is 3.74. The Labute approximate surface area is 593 Å². The molecule has 0 unspecified atom stereocenters. The first kappa shape index (κ1) is 68.4. The number of hydrogen-bond acceptors (Lipinski definition) is 16. The Hall–Kier alpha value is -11.1. The summed E-state index contributed by atoms with van der Waals surface area (Å²) in [6.07, 6.45) is 16.1. The van der Waals surface area contributed by atoms with Gasteiger partial charge >= 0.3 is 18.1 Å². The van der Waals surface area contributed by atoms with Crippen LogP contribution in [0.15, 0.2) is 177 Å². The van der Waals surface area contributed by atoms with E-state index in [-0.39, 0.29) is 44.5 Å². The second kappa shape index (κ2) is 29.0. The van der Waals surface area contributed by atoms with Crippen molar-refractivity contribution in [1.29, 1.82) is 0 Å². The van der Waals surface area contributed by atoms with E-state index < -0.39 is 23.9 Å². The van der Waals surface area contributed by atoms with Crippen LogP contribution in [0, 0.1) is 19.7 Å². The highest BCUT2D eigenvalue weighted by Gasteiger charge is 2.38. The number of amides is 3. The molecule has 29 heteroatoms. The number of ether oxygens (including phenoxy) is 1. The van der Waals surface area contributed by atoms with Crippen LogP contribution in [0.5, 0.6) is 5.75 Å². The van der Waals surface area contributed by atoms with Crippen LogP contribution in [-0.2, 0) is 40.8 Å². The Balaban J connectivity index is 0.000000136. The molecule has 3 amide bonds. The molecular weight excluding hydrogens is 1350 g/mol. The summed E-state index contributed by atoms with van der Waals surface area (Å²) in [7, 11) is 7.22. The lowest BCUT2D eigenvalue weighted by Crippen LogP contribution is -2.33. The Bertz CT molecular complexity index is 4890. The smallest absolute Gasteiger partial charge is 0.329 e. The number of hydrogen-bond donors (Lipinski definition) is 6. The van der Waals surface area contributed by atoms with Crippen LogP contribution >= 0.6 is 34.8 Å². The van der Waals surface area contributed by atoms with Gasteiger partial charge in [-0.25, -0.2) is 48.7 Å². The Morgan fingerprint density at radius 2 is 0.861 bits per heavy atom. The molecule has 0 saturated carbocycles. The van der Waals surface area contributed by atoms with Crippen molar-refractivity contribution in [3.05, 3.63) is 243 Å². The Kier molecular flexibility index (Phi) is 19.6. The minimum absolute atomic E-state index is 0.191. The number of benzene rings is 3. The Morgan fingerprint density at radius 3 is 1.22 bits per heavy atom. The molecule has 0 fully saturated rings. The van der Waals surface area contributed by atoms with Crippen molar-refractivity contribution in [3.8, 4) is 39.5 Å². The summed E-state index contributed by atoms with van der Waals surface area (Å²) in [5, 5.41) is 41.2. The van der Waals surface area contributed by atoms with E-state index in [1.54, 1.807) is 90.9 Å². The fourth-order valence-corrected chi connectivity index (χ4v) is 13.1. The van der Waals surface area contributed by atoms with Crippen LogP contribution in [0.25, 0.3) is 33.8 Å². The normalized spacial score (nSPS) is 13.9. The molecule has 12 heterocycles. The lowest BCUT2D eigenvalue weighted by Gasteiger charge is -2.26. The number of rotatable bonds is 19. The molecule has 6 N–H and O–H groups in total. The van der Waals surface area contributed by atoms with Gasteiger partial charge in [-0.05, 0) is 133 Å². The van der Waals surface area contributed by atoms with Crippen molar-refractivity contribution in [2.24, 2.45) is 21.1 Å². The van der Waals surface area contributed by atoms with Gasteiger partial charge in [0.05, 0.1) is 93.0 Å². The minimum atomic E-state index is -0.711.